The molecule has 1 rings (SSSR count). The van der Waals surface area contributed by atoms with Gasteiger partial charge in [0, 0.05) is 18.5 Å². The molecule has 0 aromatic heterocycles. The topological polar surface area (TPSA) is 108 Å². The van der Waals surface area contributed by atoms with Crippen molar-refractivity contribution in [2.24, 2.45) is 5.73 Å². The van der Waals surface area contributed by atoms with Gasteiger partial charge in [-0.15, -0.1) is 12.4 Å². The smallest absolute Gasteiger partial charge is 0.328 e. The molecule has 0 radical (unpaired) electrons. The Bertz CT molecular complexity index is 563. The number of hydrogen-bond donors (Lipinski definition) is 2. The summed E-state index contributed by atoms with van der Waals surface area (Å²) in [4.78, 5) is 35.7. The van der Waals surface area contributed by atoms with E-state index in [0.717, 1.165) is 5.56 Å². The Labute approximate surface area is 153 Å². The first-order chi connectivity index (χ1) is 11.5. The van der Waals surface area contributed by atoms with Gasteiger partial charge >= 0.3 is 11.9 Å². The summed E-state index contributed by atoms with van der Waals surface area (Å²) in [6.07, 6.45) is 0.133. The molecule has 1 atom stereocenters. The van der Waals surface area contributed by atoms with Gasteiger partial charge in [0.25, 0.3) is 5.91 Å². The maximum Gasteiger partial charge on any atom is 0.328 e. The number of hydrogen-bond acceptors (Lipinski definition) is 6. The van der Waals surface area contributed by atoms with Crippen LogP contribution in [0, 0.1) is 0 Å². The number of carbonyl (C=O) groups is 3. The van der Waals surface area contributed by atoms with Gasteiger partial charge < -0.3 is 20.5 Å². The fraction of sp³-hybridized carbons (Fsp3) is 0.471. The lowest BCUT2D eigenvalue weighted by molar-refractivity contribution is -0.146. The number of amides is 1. The summed E-state index contributed by atoms with van der Waals surface area (Å²) in [6.45, 7) is 4.21. The van der Waals surface area contributed by atoms with E-state index in [9.17, 15) is 14.4 Å². The van der Waals surface area contributed by atoms with Crippen molar-refractivity contribution in [1.29, 1.82) is 0 Å². The van der Waals surface area contributed by atoms with E-state index in [-0.39, 0.29) is 38.5 Å². The summed E-state index contributed by atoms with van der Waals surface area (Å²) in [5, 5.41) is 2.60. The number of rotatable bonds is 9. The number of esters is 2. The summed E-state index contributed by atoms with van der Waals surface area (Å²) < 4.78 is 9.78. The lowest BCUT2D eigenvalue weighted by Gasteiger charge is -2.17. The van der Waals surface area contributed by atoms with E-state index in [0.29, 0.717) is 12.1 Å². The molecular weight excluding hydrogens is 348 g/mol. The zero-order valence-electron chi connectivity index (χ0n) is 14.4. The van der Waals surface area contributed by atoms with Crippen LogP contribution in [0.15, 0.2) is 24.3 Å². The molecule has 7 nitrogen and oxygen atoms in total. The first kappa shape index (κ1) is 22.9. The van der Waals surface area contributed by atoms with E-state index in [1.165, 1.54) is 0 Å². The summed E-state index contributed by atoms with van der Waals surface area (Å²) in [5.74, 6) is -1.41. The molecule has 140 valence electrons. The largest absolute Gasteiger partial charge is 0.466 e. The van der Waals surface area contributed by atoms with Crippen LogP contribution in [-0.4, -0.2) is 37.1 Å². The summed E-state index contributed by atoms with van der Waals surface area (Å²) in [6, 6.07) is 5.84. The Balaban J connectivity index is 0.00000576. The van der Waals surface area contributed by atoms with Crippen molar-refractivity contribution in [3.8, 4) is 0 Å². The normalized spacial score (nSPS) is 11.0. The average Bonchev–Trinajstić information content (AvgIpc) is 2.58. The third-order valence-corrected chi connectivity index (χ3v) is 3.27. The quantitative estimate of drug-likeness (QED) is 0.637. The number of benzene rings is 1. The molecule has 1 aromatic rings. The van der Waals surface area contributed by atoms with Crippen molar-refractivity contribution in [3.05, 3.63) is 35.4 Å². The number of nitrogens with two attached hydrogens (primary N) is 1. The predicted molar refractivity (Wildman–Crippen MR) is 95.3 cm³/mol. The van der Waals surface area contributed by atoms with Gasteiger partial charge in [0.1, 0.15) is 6.04 Å². The molecular formula is C17H25ClN2O5. The highest BCUT2D eigenvalue weighted by Crippen LogP contribution is 2.07. The molecule has 0 spiro atoms. The molecule has 1 aromatic carbocycles. The van der Waals surface area contributed by atoms with Gasteiger partial charge in [-0.3, -0.25) is 9.59 Å². The Morgan fingerprint density at radius 3 is 2.20 bits per heavy atom. The van der Waals surface area contributed by atoms with Crippen LogP contribution in [0.4, 0.5) is 0 Å². The minimum Gasteiger partial charge on any atom is -0.466 e. The highest BCUT2D eigenvalue weighted by Gasteiger charge is 2.23. The standard InChI is InChI=1S/C17H24N2O5.ClH/c1-3-23-15(20)10-9-14(17(22)24-4-2)19-16(21)13-7-5-12(11-18)6-8-13;/h5-8,14H,3-4,9-11,18H2,1-2H3,(H,19,21);1H/t14-;/m0./s1. The van der Waals surface area contributed by atoms with Crippen LogP contribution in [-0.2, 0) is 25.6 Å². The molecule has 0 saturated heterocycles. The number of ether oxygens (including phenoxy) is 2. The molecule has 0 fully saturated rings. The van der Waals surface area contributed by atoms with E-state index in [2.05, 4.69) is 5.32 Å². The van der Waals surface area contributed by atoms with Crippen LogP contribution in [0.1, 0.15) is 42.6 Å². The minimum absolute atomic E-state index is 0. The van der Waals surface area contributed by atoms with E-state index in [1.807, 2.05) is 0 Å². The monoisotopic (exact) mass is 372 g/mol. The van der Waals surface area contributed by atoms with Crippen LogP contribution in [0.3, 0.4) is 0 Å². The molecule has 0 saturated carbocycles. The molecule has 0 aliphatic heterocycles. The minimum atomic E-state index is -0.906. The van der Waals surface area contributed by atoms with Gasteiger partial charge in [-0.25, -0.2) is 4.79 Å². The van der Waals surface area contributed by atoms with E-state index >= 15 is 0 Å². The maximum atomic E-state index is 12.3. The molecule has 0 aliphatic rings. The molecule has 3 N–H and O–H groups in total. The van der Waals surface area contributed by atoms with Crippen LogP contribution in [0.2, 0.25) is 0 Å². The van der Waals surface area contributed by atoms with Crippen LogP contribution in [0.25, 0.3) is 0 Å². The van der Waals surface area contributed by atoms with Crippen molar-refractivity contribution in [2.45, 2.75) is 39.3 Å². The lowest BCUT2D eigenvalue weighted by Crippen LogP contribution is -2.42. The van der Waals surface area contributed by atoms with Crippen molar-refractivity contribution in [1.82, 2.24) is 5.32 Å². The zero-order valence-corrected chi connectivity index (χ0v) is 15.3. The Morgan fingerprint density at radius 2 is 1.68 bits per heavy atom. The second-order valence-corrected chi connectivity index (χ2v) is 5.02. The Kier molecular flexibility index (Phi) is 11.2. The van der Waals surface area contributed by atoms with Gasteiger partial charge in [0.2, 0.25) is 0 Å². The lowest BCUT2D eigenvalue weighted by atomic mass is 10.1. The SMILES string of the molecule is CCOC(=O)CC[C@H](NC(=O)c1ccc(CN)cc1)C(=O)OCC.Cl. The second kappa shape index (κ2) is 12.3. The van der Waals surface area contributed by atoms with Crippen LogP contribution < -0.4 is 11.1 Å². The Morgan fingerprint density at radius 1 is 1.08 bits per heavy atom. The van der Waals surface area contributed by atoms with Crippen LogP contribution in [0.5, 0.6) is 0 Å². The first-order valence-corrected chi connectivity index (χ1v) is 7.93. The van der Waals surface area contributed by atoms with E-state index in [4.69, 9.17) is 15.2 Å². The van der Waals surface area contributed by atoms with Gasteiger partial charge in [-0.1, -0.05) is 12.1 Å². The average molecular weight is 373 g/mol. The maximum absolute atomic E-state index is 12.3. The predicted octanol–water partition coefficient (Wildman–Crippen LogP) is 1.57. The summed E-state index contributed by atoms with van der Waals surface area (Å²) in [7, 11) is 0. The van der Waals surface area contributed by atoms with Gasteiger partial charge in [0.15, 0.2) is 0 Å². The van der Waals surface area contributed by atoms with Crippen molar-refractivity contribution >= 4 is 30.3 Å². The molecule has 0 unspecified atom stereocenters. The van der Waals surface area contributed by atoms with Crippen molar-refractivity contribution in [2.75, 3.05) is 13.2 Å². The van der Waals surface area contributed by atoms with Gasteiger partial charge in [-0.2, -0.15) is 0 Å². The molecule has 0 heterocycles. The first-order valence-electron chi connectivity index (χ1n) is 7.93. The Hall–Kier alpha value is -2.12. The van der Waals surface area contributed by atoms with E-state index < -0.39 is 23.9 Å². The van der Waals surface area contributed by atoms with Gasteiger partial charge in [-0.05, 0) is 38.0 Å². The fourth-order valence-electron chi connectivity index (χ4n) is 2.02. The van der Waals surface area contributed by atoms with Gasteiger partial charge in [0.05, 0.1) is 13.2 Å². The molecule has 1 amide bonds. The molecule has 0 bridgehead atoms. The number of nitrogens with one attached hydrogen (secondary N) is 1. The second-order valence-electron chi connectivity index (χ2n) is 5.02. The third kappa shape index (κ3) is 8.00. The summed E-state index contributed by atoms with van der Waals surface area (Å²) in [5.41, 5.74) is 6.82. The number of carbonyl (C=O) groups excluding carboxylic acids is 3. The molecule has 25 heavy (non-hydrogen) atoms. The van der Waals surface area contributed by atoms with Crippen molar-refractivity contribution in [3.63, 3.8) is 0 Å². The zero-order chi connectivity index (χ0) is 17.9. The molecule has 8 heteroatoms. The highest BCUT2D eigenvalue weighted by molar-refractivity contribution is 5.96. The number of halogens is 1. The fourth-order valence-corrected chi connectivity index (χ4v) is 2.02. The summed E-state index contributed by atoms with van der Waals surface area (Å²) >= 11 is 0. The third-order valence-electron chi connectivity index (χ3n) is 3.27. The molecule has 0 aliphatic carbocycles. The van der Waals surface area contributed by atoms with Crippen LogP contribution >= 0.6 is 12.4 Å². The highest BCUT2D eigenvalue weighted by atomic mass is 35.5. The van der Waals surface area contributed by atoms with E-state index in [1.54, 1.807) is 38.1 Å². The van der Waals surface area contributed by atoms with Crippen molar-refractivity contribution < 1.29 is 23.9 Å².